The van der Waals surface area contributed by atoms with E-state index in [0.29, 0.717) is 17.1 Å². The summed E-state index contributed by atoms with van der Waals surface area (Å²) in [5, 5.41) is 10.6. The first-order chi connectivity index (χ1) is 11.4. The minimum absolute atomic E-state index is 0.0134. The van der Waals surface area contributed by atoms with Crippen molar-refractivity contribution in [3.8, 4) is 11.5 Å². The molecule has 116 valence electrons. The molecule has 2 unspecified atom stereocenters. The summed E-state index contributed by atoms with van der Waals surface area (Å²) in [5.41, 5.74) is 1.25. The number of benzene rings is 1. The number of hydrogen-bond acceptors (Lipinski definition) is 4. The Kier molecular flexibility index (Phi) is 2.05. The first-order valence-corrected chi connectivity index (χ1v) is 7.88. The smallest absolute Gasteiger partial charge is 0.165 e. The fraction of sp³-hybridized carbons (Fsp3) is 0.556. The maximum Gasteiger partial charge on any atom is 0.165 e. The highest BCUT2D eigenvalue weighted by atomic mass is 16.5. The molecule has 4 heteroatoms. The maximum atomic E-state index is 10.6. The molecule has 2 aliphatic carbocycles. The molecule has 0 amide bonds. The van der Waals surface area contributed by atoms with Gasteiger partial charge < -0.3 is 19.5 Å². The molecule has 5 atom stereocenters. The molecule has 1 fully saturated rings. The third-order valence-electron chi connectivity index (χ3n) is 5.98. The zero-order valence-electron chi connectivity index (χ0n) is 14.7. The Morgan fingerprint density at radius 3 is 3.14 bits per heavy atom. The van der Waals surface area contributed by atoms with Gasteiger partial charge in [0.05, 0.1) is 7.11 Å². The van der Waals surface area contributed by atoms with Crippen LogP contribution in [0.25, 0.3) is 0 Å². The number of aliphatic hydroxyl groups is 1. The molecule has 4 nitrogen and oxygen atoms in total. The van der Waals surface area contributed by atoms with Crippen molar-refractivity contribution >= 4 is 0 Å². The molecule has 1 N–H and O–H groups in total. The highest BCUT2D eigenvalue weighted by Gasteiger charge is 2.64. The van der Waals surface area contributed by atoms with E-state index in [9.17, 15) is 5.11 Å². The summed E-state index contributed by atoms with van der Waals surface area (Å²) in [6.45, 7) is 0.789. The highest BCUT2D eigenvalue weighted by molar-refractivity contribution is 5.62. The van der Waals surface area contributed by atoms with Crippen molar-refractivity contribution < 1.29 is 17.3 Å². The van der Waals surface area contributed by atoms with Gasteiger partial charge >= 0.3 is 0 Å². The van der Waals surface area contributed by atoms with Crippen molar-refractivity contribution in [3.63, 3.8) is 0 Å². The molecule has 2 bridgehead atoms. The van der Waals surface area contributed by atoms with Gasteiger partial charge in [-0.15, -0.1) is 0 Å². The Labute approximate surface area is 133 Å². The monoisotopic (exact) mass is 301 g/mol. The summed E-state index contributed by atoms with van der Waals surface area (Å²) in [6.07, 6.45) is 2.10. The fourth-order valence-electron chi connectivity index (χ4n) is 4.99. The third-order valence-corrected chi connectivity index (χ3v) is 5.98. The van der Waals surface area contributed by atoms with Gasteiger partial charge in [0.2, 0.25) is 0 Å². The van der Waals surface area contributed by atoms with Crippen LogP contribution in [0.2, 0.25) is 0 Å². The average Bonchev–Trinajstić information content (AvgIpc) is 2.90. The molecule has 2 heterocycles. The van der Waals surface area contributed by atoms with Crippen LogP contribution in [0.15, 0.2) is 24.3 Å². The number of piperidine rings is 1. The van der Waals surface area contributed by atoms with Crippen molar-refractivity contribution in [3.05, 3.63) is 35.4 Å². The number of ether oxygens (including phenoxy) is 2. The second-order valence-corrected chi connectivity index (χ2v) is 6.82. The van der Waals surface area contributed by atoms with E-state index in [1.54, 1.807) is 19.3 Å². The van der Waals surface area contributed by atoms with E-state index in [2.05, 4.69) is 4.90 Å². The Hall–Kier alpha value is -1.52. The van der Waals surface area contributed by atoms with Crippen molar-refractivity contribution in [2.75, 3.05) is 20.7 Å². The largest absolute Gasteiger partial charge is 0.493 e. The minimum Gasteiger partial charge on any atom is -0.493 e. The Balaban J connectivity index is 1.89. The Morgan fingerprint density at radius 1 is 1.45 bits per heavy atom. The summed E-state index contributed by atoms with van der Waals surface area (Å²) < 4.78 is 29.4. The molecule has 22 heavy (non-hydrogen) atoms. The number of hydrogen-bond donors (Lipinski definition) is 1. The summed E-state index contributed by atoms with van der Waals surface area (Å²) in [5.74, 6) is 1.23. The van der Waals surface area contributed by atoms with Gasteiger partial charge in [-0.2, -0.15) is 0 Å². The molecule has 0 radical (unpaired) electrons. The van der Waals surface area contributed by atoms with Crippen molar-refractivity contribution in [2.45, 2.75) is 36.5 Å². The maximum absolute atomic E-state index is 10.6. The fourth-order valence-corrected chi connectivity index (χ4v) is 4.99. The summed E-state index contributed by atoms with van der Waals surface area (Å²) in [7, 11) is 3.59. The van der Waals surface area contributed by atoms with E-state index in [-0.39, 0.29) is 23.5 Å². The second kappa shape index (κ2) is 4.06. The van der Waals surface area contributed by atoms with Gasteiger partial charge in [0.15, 0.2) is 11.5 Å². The SMILES string of the molecule is [2H]C1([2H])c2ccc(OC)c3c2[C@]24CCN(C)[C@H]1[C@@H]2C=CC(O)C4O3. The number of rotatable bonds is 1. The van der Waals surface area contributed by atoms with E-state index in [1.807, 2.05) is 19.2 Å². The molecule has 0 aromatic heterocycles. The van der Waals surface area contributed by atoms with Gasteiger partial charge in [-0.3, -0.25) is 0 Å². The van der Waals surface area contributed by atoms with Crippen molar-refractivity contribution in [1.82, 2.24) is 4.90 Å². The van der Waals surface area contributed by atoms with Crippen LogP contribution in [0.1, 0.15) is 20.3 Å². The van der Waals surface area contributed by atoms with E-state index in [4.69, 9.17) is 12.2 Å². The van der Waals surface area contributed by atoms with E-state index >= 15 is 0 Å². The average molecular weight is 301 g/mol. The number of likely N-dealkylation sites (tertiary alicyclic amines) is 1. The normalized spacial score (nSPS) is 44.7. The third kappa shape index (κ3) is 1.28. The van der Waals surface area contributed by atoms with Crippen LogP contribution >= 0.6 is 0 Å². The number of methoxy groups -OCH3 is 1. The predicted molar refractivity (Wildman–Crippen MR) is 82.5 cm³/mol. The molecule has 2 aliphatic heterocycles. The van der Waals surface area contributed by atoms with Gasteiger partial charge in [-0.25, -0.2) is 0 Å². The van der Waals surface area contributed by atoms with Crippen molar-refractivity contribution in [1.29, 1.82) is 0 Å². The number of likely N-dealkylation sites (N-methyl/N-ethyl adjacent to an activating group) is 1. The lowest BCUT2D eigenvalue weighted by Crippen LogP contribution is -2.64. The quantitative estimate of drug-likeness (QED) is 0.798. The minimum atomic E-state index is -1.48. The molecule has 4 aliphatic rings. The van der Waals surface area contributed by atoms with Crippen LogP contribution in [0, 0.1) is 5.92 Å². The zero-order chi connectivity index (χ0) is 16.9. The van der Waals surface area contributed by atoms with E-state index in [0.717, 1.165) is 18.5 Å². The van der Waals surface area contributed by atoms with E-state index in [1.165, 1.54) is 0 Å². The summed E-state index contributed by atoms with van der Waals surface area (Å²) in [6, 6.07) is 3.38. The second-order valence-electron chi connectivity index (χ2n) is 6.82. The first-order valence-electron chi connectivity index (χ1n) is 8.88. The van der Waals surface area contributed by atoms with Crippen LogP contribution < -0.4 is 9.47 Å². The molecular formula is C18H21NO3. The van der Waals surface area contributed by atoms with Gasteiger partial charge in [0.1, 0.15) is 12.2 Å². The van der Waals surface area contributed by atoms with Crippen LogP contribution in [-0.2, 0) is 11.8 Å². The topological polar surface area (TPSA) is 41.9 Å². The predicted octanol–water partition coefficient (Wildman–Crippen LogP) is 1.50. The number of aliphatic hydroxyl groups excluding tert-OH is 1. The molecular weight excluding hydrogens is 278 g/mol. The van der Waals surface area contributed by atoms with Gasteiger partial charge in [0.25, 0.3) is 0 Å². The molecule has 5 rings (SSSR count). The van der Waals surface area contributed by atoms with Crippen LogP contribution in [0.4, 0.5) is 0 Å². The Morgan fingerprint density at radius 2 is 2.32 bits per heavy atom. The van der Waals surface area contributed by atoms with Crippen LogP contribution in [0.5, 0.6) is 11.5 Å². The van der Waals surface area contributed by atoms with Gasteiger partial charge in [-0.05, 0) is 38.0 Å². The summed E-state index contributed by atoms with van der Waals surface area (Å²) in [4.78, 5) is 2.13. The van der Waals surface area contributed by atoms with Gasteiger partial charge in [-0.1, -0.05) is 18.2 Å². The lowest BCUT2D eigenvalue weighted by Gasteiger charge is -2.56. The molecule has 1 aromatic rings. The lowest BCUT2D eigenvalue weighted by atomic mass is 9.53. The zero-order valence-corrected chi connectivity index (χ0v) is 12.7. The van der Waals surface area contributed by atoms with E-state index < -0.39 is 12.5 Å². The standard InChI is InChI=1S/C18H21NO3/c1-19-8-7-18-11-4-5-13(20)17(18)22-16-14(21-2)6-3-10(15(16)18)9-12(11)19/h3-6,11-13,17,20H,7-9H2,1-2H3/t11-,12+,13?,17?,18-/m0/s1/i9D2. The number of nitrogens with zero attached hydrogens (tertiary/aromatic N) is 1. The molecule has 1 spiro atoms. The molecule has 0 saturated carbocycles. The van der Waals surface area contributed by atoms with Gasteiger partial charge in [0, 0.05) is 25.7 Å². The van der Waals surface area contributed by atoms with Crippen molar-refractivity contribution in [2.24, 2.45) is 5.92 Å². The van der Waals surface area contributed by atoms with Crippen LogP contribution in [-0.4, -0.2) is 49.0 Å². The Bertz CT molecular complexity index is 765. The molecule has 1 aromatic carbocycles. The summed E-state index contributed by atoms with van der Waals surface area (Å²) >= 11 is 0. The first kappa shape index (κ1) is 11.1. The highest BCUT2D eigenvalue weighted by Crippen LogP contribution is 2.62. The lowest BCUT2D eigenvalue weighted by molar-refractivity contribution is -0.0453. The molecule has 1 saturated heterocycles. The van der Waals surface area contributed by atoms with Crippen LogP contribution in [0.3, 0.4) is 0 Å².